The normalized spacial score (nSPS) is 11.6. The lowest BCUT2D eigenvalue weighted by molar-refractivity contribution is 0.597. The number of thiophene rings is 1. The Bertz CT molecular complexity index is 2250. The van der Waals surface area contributed by atoms with E-state index in [1.54, 1.807) is 0 Å². The summed E-state index contributed by atoms with van der Waals surface area (Å²) in [7, 11) is 0. The van der Waals surface area contributed by atoms with Crippen LogP contribution in [0.5, 0.6) is 0 Å². The van der Waals surface area contributed by atoms with Crippen LogP contribution >= 0.6 is 11.3 Å². The average molecular weight is 636 g/mol. The molecule has 8 aromatic rings. The maximum atomic E-state index is 2.49. The van der Waals surface area contributed by atoms with Gasteiger partial charge in [-0.3, -0.25) is 0 Å². The van der Waals surface area contributed by atoms with Crippen molar-refractivity contribution in [1.82, 2.24) is 0 Å². The molecule has 7 aromatic carbocycles. The monoisotopic (exact) mass is 635 g/mol. The Morgan fingerprint density at radius 2 is 0.896 bits per heavy atom. The second kappa shape index (κ2) is 12.3. The molecule has 0 unspecified atom stereocenters. The van der Waals surface area contributed by atoms with Crippen molar-refractivity contribution < 1.29 is 0 Å². The highest BCUT2D eigenvalue weighted by Crippen LogP contribution is 2.52. The Labute approximate surface area is 287 Å². The van der Waals surface area contributed by atoms with E-state index in [1.807, 2.05) is 11.3 Å². The minimum Gasteiger partial charge on any atom is -0.309 e. The zero-order valence-corrected chi connectivity index (χ0v) is 28.3. The van der Waals surface area contributed by atoms with Crippen molar-refractivity contribution >= 4 is 48.6 Å². The Morgan fingerprint density at radius 3 is 1.40 bits per heavy atom. The number of nitrogens with zero attached hydrogens (tertiary/aromatic N) is 1. The van der Waals surface area contributed by atoms with Gasteiger partial charge in [0.1, 0.15) is 0 Å². The van der Waals surface area contributed by atoms with Gasteiger partial charge in [0.15, 0.2) is 0 Å². The summed E-state index contributed by atoms with van der Waals surface area (Å²) >= 11 is 1.91. The fourth-order valence-corrected chi connectivity index (χ4v) is 8.21. The van der Waals surface area contributed by atoms with Crippen LogP contribution in [-0.4, -0.2) is 0 Å². The van der Waals surface area contributed by atoms with Crippen LogP contribution in [0.1, 0.15) is 26.3 Å². The van der Waals surface area contributed by atoms with Crippen molar-refractivity contribution in [2.24, 2.45) is 0 Å². The van der Waals surface area contributed by atoms with E-state index in [-0.39, 0.29) is 5.41 Å². The van der Waals surface area contributed by atoms with Gasteiger partial charge < -0.3 is 4.90 Å². The van der Waals surface area contributed by atoms with E-state index in [9.17, 15) is 0 Å². The highest BCUT2D eigenvalue weighted by Gasteiger charge is 2.28. The Kier molecular flexibility index (Phi) is 7.67. The van der Waals surface area contributed by atoms with Crippen molar-refractivity contribution in [3.63, 3.8) is 0 Å². The highest BCUT2D eigenvalue weighted by molar-refractivity contribution is 7.26. The number of anilines is 3. The first-order chi connectivity index (χ1) is 23.5. The average Bonchev–Trinajstić information content (AvgIpc) is 3.52. The Hall–Kier alpha value is -5.44. The van der Waals surface area contributed by atoms with E-state index in [2.05, 4.69) is 196 Å². The summed E-state index contributed by atoms with van der Waals surface area (Å²) in [6, 6.07) is 61.7. The van der Waals surface area contributed by atoms with Gasteiger partial charge in [-0.15, -0.1) is 11.3 Å². The molecule has 0 aliphatic heterocycles. The van der Waals surface area contributed by atoms with Gasteiger partial charge in [0.25, 0.3) is 0 Å². The van der Waals surface area contributed by atoms with Gasteiger partial charge in [-0.1, -0.05) is 154 Å². The summed E-state index contributed by atoms with van der Waals surface area (Å²) in [4.78, 5) is 2.49. The predicted octanol–water partition coefficient (Wildman–Crippen LogP) is 13.8. The van der Waals surface area contributed by atoms with Gasteiger partial charge >= 0.3 is 0 Å². The molecule has 0 N–H and O–H groups in total. The van der Waals surface area contributed by atoms with Crippen LogP contribution in [0.15, 0.2) is 170 Å². The molecule has 1 aromatic heterocycles. The maximum Gasteiger partial charge on any atom is 0.0633 e. The molecule has 0 spiro atoms. The molecule has 232 valence electrons. The van der Waals surface area contributed by atoms with Crippen LogP contribution in [0.2, 0.25) is 0 Å². The van der Waals surface area contributed by atoms with Crippen LogP contribution in [0.3, 0.4) is 0 Å². The second-order valence-electron chi connectivity index (χ2n) is 13.4. The largest absolute Gasteiger partial charge is 0.309 e. The molecule has 0 fully saturated rings. The first-order valence-corrected chi connectivity index (χ1v) is 17.4. The molecule has 0 bridgehead atoms. The number of hydrogen-bond donors (Lipinski definition) is 0. The molecule has 0 amide bonds. The van der Waals surface area contributed by atoms with E-state index in [4.69, 9.17) is 0 Å². The molecule has 0 atom stereocenters. The standard InChI is InChI=1S/C46H37NS/c1-46(2,3)41-31-40(36-19-11-6-12-20-36)44(43-39-21-13-14-22-42(39)48-45(41)43)47(37-27-23-34(24-28-37)32-15-7-4-8-16-32)38-29-25-35(26-30-38)33-17-9-5-10-18-33/h4-31H,1-3H3. The lowest BCUT2D eigenvalue weighted by Gasteiger charge is -2.31. The third-order valence-electron chi connectivity index (χ3n) is 9.20. The van der Waals surface area contributed by atoms with Crippen LogP contribution in [0.4, 0.5) is 17.1 Å². The minimum absolute atomic E-state index is 0.0410. The molecular formula is C46H37NS. The molecule has 0 aliphatic carbocycles. The molecule has 1 nitrogen and oxygen atoms in total. The van der Waals surface area contributed by atoms with E-state index >= 15 is 0 Å². The van der Waals surface area contributed by atoms with Crippen molar-refractivity contribution in [2.45, 2.75) is 26.2 Å². The number of benzene rings is 7. The summed E-state index contributed by atoms with van der Waals surface area (Å²) in [5.41, 5.74) is 12.1. The lowest BCUT2D eigenvalue weighted by atomic mass is 9.83. The molecule has 0 saturated heterocycles. The van der Waals surface area contributed by atoms with Crippen LogP contribution < -0.4 is 4.90 Å². The predicted molar refractivity (Wildman–Crippen MR) is 209 cm³/mol. The summed E-state index contributed by atoms with van der Waals surface area (Å²) in [5, 5.41) is 2.60. The molecule has 0 radical (unpaired) electrons. The van der Waals surface area contributed by atoms with E-state index in [0.29, 0.717) is 0 Å². The second-order valence-corrected chi connectivity index (χ2v) is 14.5. The summed E-state index contributed by atoms with van der Waals surface area (Å²) < 4.78 is 2.66. The zero-order valence-electron chi connectivity index (χ0n) is 27.5. The zero-order chi connectivity index (χ0) is 32.7. The van der Waals surface area contributed by atoms with E-state index in [1.165, 1.54) is 64.8 Å². The molecule has 48 heavy (non-hydrogen) atoms. The lowest BCUT2D eigenvalue weighted by Crippen LogP contribution is -2.15. The van der Waals surface area contributed by atoms with Crippen molar-refractivity contribution in [3.05, 3.63) is 175 Å². The van der Waals surface area contributed by atoms with Crippen molar-refractivity contribution in [1.29, 1.82) is 0 Å². The van der Waals surface area contributed by atoms with Gasteiger partial charge in [0.05, 0.1) is 5.69 Å². The van der Waals surface area contributed by atoms with Gasteiger partial charge in [-0.25, -0.2) is 0 Å². The van der Waals surface area contributed by atoms with Crippen LogP contribution in [0.25, 0.3) is 53.6 Å². The summed E-state index contributed by atoms with van der Waals surface area (Å²) in [6.07, 6.45) is 0. The van der Waals surface area contributed by atoms with Crippen molar-refractivity contribution in [3.8, 4) is 33.4 Å². The SMILES string of the molecule is CC(C)(C)c1cc(-c2ccccc2)c(N(c2ccc(-c3ccccc3)cc2)c2ccc(-c3ccccc3)cc2)c2c1sc1ccccc12. The highest BCUT2D eigenvalue weighted by atomic mass is 32.1. The Balaban J connectivity index is 1.45. The summed E-state index contributed by atoms with van der Waals surface area (Å²) in [6.45, 7) is 7.01. The van der Waals surface area contributed by atoms with E-state index in [0.717, 1.165) is 11.4 Å². The van der Waals surface area contributed by atoms with Gasteiger partial charge in [0.2, 0.25) is 0 Å². The van der Waals surface area contributed by atoms with Crippen LogP contribution in [-0.2, 0) is 5.41 Å². The topological polar surface area (TPSA) is 3.24 Å². The molecule has 0 aliphatic rings. The van der Waals surface area contributed by atoms with Gasteiger partial charge in [-0.05, 0) is 75.2 Å². The van der Waals surface area contributed by atoms with Crippen molar-refractivity contribution in [2.75, 3.05) is 4.90 Å². The Morgan fingerprint density at radius 1 is 0.458 bits per heavy atom. The van der Waals surface area contributed by atoms with E-state index < -0.39 is 0 Å². The van der Waals surface area contributed by atoms with Crippen LogP contribution in [0, 0.1) is 0 Å². The molecular weight excluding hydrogens is 599 g/mol. The number of rotatable bonds is 6. The minimum atomic E-state index is -0.0410. The van der Waals surface area contributed by atoms with Gasteiger partial charge in [0, 0.05) is 37.1 Å². The fourth-order valence-electron chi connectivity index (χ4n) is 6.78. The summed E-state index contributed by atoms with van der Waals surface area (Å²) in [5.74, 6) is 0. The quantitative estimate of drug-likeness (QED) is 0.176. The smallest absolute Gasteiger partial charge is 0.0633 e. The first kappa shape index (κ1) is 29.9. The molecule has 8 rings (SSSR count). The molecule has 2 heteroatoms. The number of hydrogen-bond acceptors (Lipinski definition) is 2. The first-order valence-electron chi connectivity index (χ1n) is 16.6. The third-order valence-corrected chi connectivity index (χ3v) is 10.4. The molecule has 1 heterocycles. The van der Waals surface area contributed by atoms with Gasteiger partial charge in [-0.2, -0.15) is 0 Å². The third kappa shape index (κ3) is 5.49. The number of fused-ring (bicyclic) bond motifs is 3. The maximum absolute atomic E-state index is 2.49. The molecule has 0 saturated carbocycles. The fraction of sp³-hybridized carbons (Fsp3) is 0.0870.